The average molecular weight is 357 g/mol. The predicted molar refractivity (Wildman–Crippen MR) is 95.5 cm³/mol. The average Bonchev–Trinajstić information content (AvgIpc) is 2.99. The van der Waals surface area contributed by atoms with E-state index in [2.05, 4.69) is 9.98 Å². The van der Waals surface area contributed by atoms with Crippen LogP contribution in [0.1, 0.15) is 36.1 Å². The molecule has 0 spiro atoms. The third-order valence-corrected chi connectivity index (χ3v) is 5.04. The summed E-state index contributed by atoms with van der Waals surface area (Å²) < 4.78 is 45.5. The van der Waals surface area contributed by atoms with Gasteiger partial charge in [-0.3, -0.25) is 9.56 Å². The van der Waals surface area contributed by atoms with Crippen LogP contribution in [0.25, 0.3) is 11.0 Å². The molecule has 0 fully saturated rings. The van der Waals surface area contributed by atoms with E-state index in [4.69, 9.17) is 0 Å². The smallest absolute Gasteiger partial charge is 0.283 e. The molecule has 0 saturated heterocycles. The molecule has 0 N–H and O–H groups in total. The van der Waals surface area contributed by atoms with Gasteiger partial charge in [-0.05, 0) is 45.9 Å². The van der Waals surface area contributed by atoms with Crippen LogP contribution in [0.2, 0.25) is 0 Å². The summed E-state index contributed by atoms with van der Waals surface area (Å²) in [6.07, 6.45) is 1.51. The fourth-order valence-corrected chi connectivity index (χ4v) is 3.39. The number of aromatic nitrogens is 2. The van der Waals surface area contributed by atoms with Crippen LogP contribution in [0.4, 0.5) is 13.2 Å². The summed E-state index contributed by atoms with van der Waals surface area (Å²) in [4.78, 5) is 8.66. The number of aryl methyl sites for hydroxylation is 2. The second kappa shape index (κ2) is 5.19. The van der Waals surface area contributed by atoms with Crippen LogP contribution in [0.15, 0.2) is 41.7 Å². The van der Waals surface area contributed by atoms with Gasteiger partial charge in [0.1, 0.15) is 23.5 Å². The molecule has 3 nitrogen and oxygen atoms in total. The second-order valence-corrected chi connectivity index (χ2v) is 7.27. The first-order valence-corrected chi connectivity index (χ1v) is 8.35. The standard InChI is InChI=1S/C20H18F3N3/c1-11-5-6-13-14(9-11)20(22,23)19(3,4)25-18(13)26-10-24-17-12(2)15(21)7-8-16(17)26/h5-10H,1-4H3. The molecule has 2 aromatic carbocycles. The first kappa shape index (κ1) is 16.8. The fourth-order valence-electron chi connectivity index (χ4n) is 3.39. The van der Waals surface area contributed by atoms with Crippen molar-refractivity contribution in [3.63, 3.8) is 0 Å². The molecule has 0 saturated carbocycles. The number of fused-ring (bicyclic) bond motifs is 2. The molecule has 0 atom stereocenters. The molecule has 4 rings (SSSR count). The zero-order valence-electron chi connectivity index (χ0n) is 14.9. The number of nitrogens with zero attached hydrogens (tertiary/aromatic N) is 3. The highest BCUT2D eigenvalue weighted by molar-refractivity contribution is 6.07. The highest BCUT2D eigenvalue weighted by Gasteiger charge is 2.53. The largest absolute Gasteiger partial charge is 0.298 e. The van der Waals surface area contributed by atoms with E-state index < -0.39 is 11.5 Å². The van der Waals surface area contributed by atoms with Crippen LogP contribution in [-0.2, 0) is 5.92 Å². The SMILES string of the molecule is Cc1ccc2c(c1)C(F)(F)C(C)(C)N=C2n1cnc2c(C)c(F)ccc21. The third-order valence-electron chi connectivity index (χ3n) is 5.04. The van der Waals surface area contributed by atoms with Gasteiger partial charge >= 0.3 is 0 Å². The molecule has 1 aromatic heterocycles. The molecule has 134 valence electrons. The van der Waals surface area contributed by atoms with Crippen molar-refractivity contribution in [3.8, 4) is 0 Å². The number of benzene rings is 2. The summed E-state index contributed by atoms with van der Waals surface area (Å²) >= 11 is 0. The lowest BCUT2D eigenvalue weighted by atomic mass is 9.83. The summed E-state index contributed by atoms with van der Waals surface area (Å²) in [6.45, 7) is 6.27. The van der Waals surface area contributed by atoms with Gasteiger partial charge in [0.05, 0.1) is 11.0 Å². The molecular formula is C20H18F3N3. The lowest BCUT2D eigenvalue weighted by molar-refractivity contribution is -0.0684. The van der Waals surface area contributed by atoms with Crippen molar-refractivity contribution in [2.45, 2.75) is 39.2 Å². The van der Waals surface area contributed by atoms with Gasteiger partial charge in [-0.1, -0.05) is 17.7 Å². The van der Waals surface area contributed by atoms with Crippen LogP contribution in [0.5, 0.6) is 0 Å². The second-order valence-electron chi connectivity index (χ2n) is 7.27. The van der Waals surface area contributed by atoms with E-state index >= 15 is 8.78 Å². The summed E-state index contributed by atoms with van der Waals surface area (Å²) in [5.41, 5.74) is 1.01. The van der Waals surface area contributed by atoms with Crippen molar-refractivity contribution in [2.75, 3.05) is 0 Å². The predicted octanol–water partition coefficient (Wildman–Crippen LogP) is 4.97. The van der Waals surface area contributed by atoms with Crippen molar-refractivity contribution < 1.29 is 13.2 Å². The molecule has 0 aliphatic carbocycles. The first-order valence-electron chi connectivity index (χ1n) is 8.35. The van der Waals surface area contributed by atoms with Gasteiger partial charge in [-0.2, -0.15) is 8.78 Å². The number of imidazole rings is 1. The van der Waals surface area contributed by atoms with E-state index in [1.54, 1.807) is 36.6 Å². The zero-order valence-corrected chi connectivity index (χ0v) is 14.9. The Labute approximate surface area is 149 Å². The molecule has 0 radical (unpaired) electrons. The van der Waals surface area contributed by atoms with Gasteiger partial charge < -0.3 is 0 Å². The van der Waals surface area contributed by atoms with Crippen molar-refractivity contribution >= 4 is 16.9 Å². The number of hydrogen-bond acceptors (Lipinski definition) is 2. The van der Waals surface area contributed by atoms with Crippen LogP contribution in [0, 0.1) is 19.7 Å². The van der Waals surface area contributed by atoms with Crippen LogP contribution in [0.3, 0.4) is 0 Å². The first-order chi connectivity index (χ1) is 12.1. The van der Waals surface area contributed by atoms with Crippen molar-refractivity contribution in [1.29, 1.82) is 0 Å². The Bertz CT molecular complexity index is 1080. The number of halogens is 3. The molecule has 1 aliphatic heterocycles. The molecule has 0 bridgehead atoms. The third kappa shape index (κ3) is 2.14. The highest BCUT2D eigenvalue weighted by atomic mass is 19.3. The van der Waals surface area contributed by atoms with Gasteiger partial charge in [0, 0.05) is 16.7 Å². The Morgan fingerprint density at radius 2 is 1.77 bits per heavy atom. The Balaban J connectivity index is 2.04. The molecule has 0 amide bonds. The van der Waals surface area contributed by atoms with Crippen molar-refractivity contribution in [3.05, 3.63) is 64.7 Å². The molecular weight excluding hydrogens is 339 g/mol. The van der Waals surface area contributed by atoms with Gasteiger partial charge in [-0.25, -0.2) is 9.37 Å². The van der Waals surface area contributed by atoms with E-state index in [1.807, 2.05) is 0 Å². The lowest BCUT2D eigenvalue weighted by Gasteiger charge is -2.37. The highest BCUT2D eigenvalue weighted by Crippen LogP contribution is 2.46. The molecule has 1 aliphatic rings. The molecule has 0 unspecified atom stereocenters. The van der Waals surface area contributed by atoms with E-state index in [1.165, 1.54) is 32.3 Å². The van der Waals surface area contributed by atoms with Crippen molar-refractivity contribution in [2.24, 2.45) is 4.99 Å². The maximum atomic E-state index is 15.0. The summed E-state index contributed by atoms with van der Waals surface area (Å²) in [5.74, 6) is -3.06. The lowest BCUT2D eigenvalue weighted by Crippen LogP contribution is -2.45. The maximum absolute atomic E-state index is 15.0. The van der Waals surface area contributed by atoms with Crippen LogP contribution in [-0.4, -0.2) is 20.9 Å². The number of rotatable bonds is 0. The minimum Gasteiger partial charge on any atom is -0.283 e. The number of alkyl halides is 2. The maximum Gasteiger partial charge on any atom is 0.298 e. The minimum atomic E-state index is -3.10. The quantitative estimate of drug-likeness (QED) is 0.559. The monoisotopic (exact) mass is 357 g/mol. The van der Waals surface area contributed by atoms with Crippen molar-refractivity contribution in [1.82, 2.24) is 9.55 Å². The normalized spacial score (nSPS) is 17.9. The summed E-state index contributed by atoms with van der Waals surface area (Å²) in [6, 6.07) is 7.91. The van der Waals surface area contributed by atoms with Gasteiger partial charge in [0.2, 0.25) is 0 Å². The Morgan fingerprint density at radius 3 is 2.50 bits per heavy atom. The van der Waals surface area contributed by atoms with E-state index in [0.29, 0.717) is 28.0 Å². The Kier molecular flexibility index (Phi) is 3.36. The van der Waals surface area contributed by atoms with E-state index in [0.717, 1.165) is 5.56 Å². The Hall–Kier alpha value is -2.63. The topological polar surface area (TPSA) is 30.2 Å². The van der Waals surface area contributed by atoms with E-state index in [-0.39, 0.29) is 11.4 Å². The minimum absolute atomic E-state index is 0.0480. The molecule has 3 aromatic rings. The van der Waals surface area contributed by atoms with Crippen LogP contribution >= 0.6 is 0 Å². The molecule has 2 heterocycles. The molecule has 6 heteroatoms. The number of aliphatic imine (C=N–C) groups is 1. The van der Waals surface area contributed by atoms with Crippen LogP contribution < -0.4 is 0 Å². The van der Waals surface area contributed by atoms with Gasteiger partial charge in [0.25, 0.3) is 5.92 Å². The zero-order chi connectivity index (χ0) is 18.9. The molecule has 26 heavy (non-hydrogen) atoms. The Morgan fingerprint density at radius 1 is 1.04 bits per heavy atom. The summed E-state index contributed by atoms with van der Waals surface area (Å²) in [5, 5.41) is 0. The fraction of sp³-hybridized carbons (Fsp3) is 0.300. The van der Waals surface area contributed by atoms with Gasteiger partial charge in [0.15, 0.2) is 0 Å². The summed E-state index contributed by atoms with van der Waals surface area (Å²) in [7, 11) is 0. The number of hydrogen-bond donors (Lipinski definition) is 0. The van der Waals surface area contributed by atoms with Gasteiger partial charge in [-0.15, -0.1) is 0 Å². The van der Waals surface area contributed by atoms with E-state index in [9.17, 15) is 4.39 Å².